The number of aromatic nitrogens is 1. The van der Waals surface area contributed by atoms with Crippen LogP contribution in [0.1, 0.15) is 45.9 Å². The molecule has 2 heterocycles. The van der Waals surface area contributed by atoms with Crippen molar-refractivity contribution in [2.75, 3.05) is 11.9 Å². The molecule has 8 heteroatoms. The summed E-state index contributed by atoms with van der Waals surface area (Å²) in [4.78, 5) is 26.8. The number of aromatic amines is 1. The van der Waals surface area contributed by atoms with E-state index in [4.69, 9.17) is 10.00 Å². The number of esters is 1. The number of thiophene rings is 1. The highest BCUT2D eigenvalue weighted by molar-refractivity contribution is 7.14. The van der Waals surface area contributed by atoms with Crippen LogP contribution in [0.25, 0.3) is 0 Å². The summed E-state index contributed by atoms with van der Waals surface area (Å²) in [6.45, 7) is 4.59. The van der Waals surface area contributed by atoms with Gasteiger partial charge in [0, 0.05) is 11.3 Å². The molecule has 1 atom stereocenters. The van der Waals surface area contributed by atoms with Gasteiger partial charge in [-0.05, 0) is 37.8 Å². The Hall–Kier alpha value is -2.63. The fourth-order valence-corrected chi connectivity index (χ4v) is 3.21. The van der Waals surface area contributed by atoms with E-state index in [2.05, 4.69) is 10.3 Å². The van der Waals surface area contributed by atoms with E-state index in [9.17, 15) is 14.7 Å². The van der Waals surface area contributed by atoms with Crippen LogP contribution >= 0.6 is 11.3 Å². The number of aliphatic hydroxyl groups excluding tert-OH is 1. The first kappa shape index (κ1) is 17.7. The monoisotopic (exact) mass is 347 g/mol. The smallest absolute Gasteiger partial charge is 0.355 e. The van der Waals surface area contributed by atoms with Crippen molar-refractivity contribution < 1.29 is 19.4 Å². The van der Waals surface area contributed by atoms with Gasteiger partial charge in [-0.25, -0.2) is 4.79 Å². The van der Waals surface area contributed by atoms with Crippen molar-refractivity contribution in [2.24, 2.45) is 0 Å². The summed E-state index contributed by atoms with van der Waals surface area (Å²) in [5, 5.41) is 23.2. The van der Waals surface area contributed by atoms with Crippen LogP contribution in [0, 0.1) is 25.2 Å². The highest BCUT2D eigenvalue weighted by Crippen LogP contribution is 2.25. The minimum Gasteiger partial charge on any atom is -0.451 e. The second-order valence-electron chi connectivity index (χ2n) is 5.24. The molecule has 24 heavy (non-hydrogen) atoms. The van der Waals surface area contributed by atoms with E-state index in [0.717, 1.165) is 0 Å². The maximum Gasteiger partial charge on any atom is 0.355 e. The average molecular weight is 347 g/mol. The molecule has 0 bridgehead atoms. The highest BCUT2D eigenvalue weighted by atomic mass is 32.1. The molecule has 0 saturated heterocycles. The van der Waals surface area contributed by atoms with Crippen LogP contribution in [0.4, 0.5) is 5.00 Å². The van der Waals surface area contributed by atoms with E-state index < -0.39 is 24.6 Å². The molecule has 3 N–H and O–H groups in total. The lowest BCUT2D eigenvalue weighted by molar-refractivity contribution is -0.119. The Kier molecular flexibility index (Phi) is 5.39. The molecule has 1 amide bonds. The Labute approximate surface area is 142 Å². The summed E-state index contributed by atoms with van der Waals surface area (Å²) >= 11 is 1.22. The predicted octanol–water partition coefficient (Wildman–Crippen LogP) is 2.41. The lowest BCUT2D eigenvalue weighted by Crippen LogP contribution is -2.21. The summed E-state index contributed by atoms with van der Waals surface area (Å²) in [7, 11) is 0. The molecule has 0 fully saturated rings. The molecule has 0 aliphatic carbocycles. The average Bonchev–Trinajstić information content (AvgIpc) is 3.08. The summed E-state index contributed by atoms with van der Waals surface area (Å²) in [6.07, 6.45) is -0.714. The molecule has 0 aromatic carbocycles. The van der Waals surface area contributed by atoms with E-state index in [0.29, 0.717) is 27.4 Å². The third-order valence-corrected chi connectivity index (χ3v) is 4.32. The van der Waals surface area contributed by atoms with Crippen LogP contribution in [0.5, 0.6) is 0 Å². The molecule has 2 aromatic heterocycles. The zero-order valence-electron chi connectivity index (χ0n) is 13.5. The van der Waals surface area contributed by atoms with Crippen molar-refractivity contribution in [2.45, 2.75) is 26.9 Å². The van der Waals surface area contributed by atoms with Gasteiger partial charge in [-0.2, -0.15) is 5.26 Å². The van der Waals surface area contributed by atoms with Crippen molar-refractivity contribution in [3.8, 4) is 6.07 Å². The number of aliphatic hydroxyl groups is 1. The van der Waals surface area contributed by atoms with Gasteiger partial charge < -0.3 is 20.1 Å². The number of anilines is 1. The lowest BCUT2D eigenvalue weighted by atomic mass is 10.1. The summed E-state index contributed by atoms with van der Waals surface area (Å²) < 4.78 is 5.00. The van der Waals surface area contributed by atoms with Gasteiger partial charge in [0.2, 0.25) is 0 Å². The normalized spacial score (nSPS) is 11.6. The SMILES string of the molecule is Cc1[nH]c(C(=O)OCC(=O)Nc2sccc2C#N)c(C)c1[C@H](C)O. The topological polar surface area (TPSA) is 115 Å². The van der Waals surface area contributed by atoms with Crippen LogP contribution in [0.15, 0.2) is 11.4 Å². The Balaban J connectivity index is 2.00. The number of rotatable bonds is 5. The summed E-state index contributed by atoms with van der Waals surface area (Å²) in [5.41, 5.74) is 2.49. The number of carbonyl (C=O) groups is 2. The molecule has 7 nitrogen and oxygen atoms in total. The molecule has 126 valence electrons. The van der Waals surface area contributed by atoms with Crippen molar-refractivity contribution in [1.29, 1.82) is 5.26 Å². The third-order valence-electron chi connectivity index (χ3n) is 3.49. The molecular weight excluding hydrogens is 330 g/mol. The quantitative estimate of drug-likeness (QED) is 0.718. The van der Waals surface area contributed by atoms with Crippen molar-refractivity contribution in [3.05, 3.63) is 39.5 Å². The Morgan fingerprint density at radius 1 is 1.50 bits per heavy atom. The van der Waals surface area contributed by atoms with Gasteiger partial charge in [0.25, 0.3) is 5.91 Å². The van der Waals surface area contributed by atoms with Crippen molar-refractivity contribution in [1.82, 2.24) is 4.98 Å². The molecule has 0 spiro atoms. The number of ether oxygens (including phenoxy) is 1. The number of amides is 1. The minimum atomic E-state index is -0.714. The van der Waals surface area contributed by atoms with Crippen LogP contribution in [0.3, 0.4) is 0 Å². The predicted molar refractivity (Wildman–Crippen MR) is 88.8 cm³/mol. The van der Waals surface area contributed by atoms with Crippen LogP contribution < -0.4 is 5.32 Å². The van der Waals surface area contributed by atoms with Gasteiger partial charge >= 0.3 is 5.97 Å². The molecule has 2 aromatic rings. The summed E-state index contributed by atoms with van der Waals surface area (Å²) in [5.74, 6) is -1.21. The number of nitriles is 1. The number of nitrogens with one attached hydrogen (secondary N) is 2. The molecule has 0 radical (unpaired) electrons. The molecule has 0 aliphatic heterocycles. The molecule has 0 unspecified atom stereocenters. The number of hydrogen-bond donors (Lipinski definition) is 3. The van der Waals surface area contributed by atoms with E-state index in [1.54, 1.807) is 32.2 Å². The van der Waals surface area contributed by atoms with E-state index >= 15 is 0 Å². The number of carbonyl (C=O) groups excluding carboxylic acids is 2. The van der Waals surface area contributed by atoms with Gasteiger partial charge in [0.1, 0.15) is 16.8 Å². The fourth-order valence-electron chi connectivity index (χ4n) is 2.46. The fraction of sp³-hybridized carbons (Fsp3) is 0.312. The van der Waals surface area contributed by atoms with Crippen molar-refractivity contribution in [3.63, 3.8) is 0 Å². The van der Waals surface area contributed by atoms with Gasteiger partial charge in [0.05, 0.1) is 11.7 Å². The number of H-pyrrole nitrogens is 1. The molecule has 2 rings (SSSR count). The maximum absolute atomic E-state index is 12.1. The van der Waals surface area contributed by atoms with Crippen LogP contribution in [-0.4, -0.2) is 28.6 Å². The first-order chi connectivity index (χ1) is 11.3. The highest BCUT2D eigenvalue weighted by Gasteiger charge is 2.21. The molecule has 0 saturated carbocycles. The minimum absolute atomic E-state index is 0.213. The zero-order chi connectivity index (χ0) is 17.9. The first-order valence-corrected chi connectivity index (χ1v) is 8.04. The van der Waals surface area contributed by atoms with Crippen molar-refractivity contribution >= 4 is 28.2 Å². The Morgan fingerprint density at radius 2 is 2.21 bits per heavy atom. The zero-order valence-corrected chi connectivity index (χ0v) is 14.3. The second kappa shape index (κ2) is 7.29. The van der Waals surface area contributed by atoms with E-state index in [1.807, 2.05) is 6.07 Å². The van der Waals surface area contributed by atoms with Gasteiger partial charge in [0.15, 0.2) is 6.61 Å². The first-order valence-electron chi connectivity index (χ1n) is 7.16. The maximum atomic E-state index is 12.1. The van der Waals surface area contributed by atoms with Crippen LogP contribution in [-0.2, 0) is 9.53 Å². The Bertz CT molecular complexity index is 814. The second-order valence-corrected chi connectivity index (χ2v) is 6.16. The van der Waals surface area contributed by atoms with Gasteiger partial charge in [-0.1, -0.05) is 0 Å². The summed E-state index contributed by atoms with van der Waals surface area (Å²) in [6, 6.07) is 3.55. The largest absolute Gasteiger partial charge is 0.451 e. The van der Waals surface area contributed by atoms with E-state index in [1.165, 1.54) is 11.3 Å². The van der Waals surface area contributed by atoms with Gasteiger partial charge in [-0.15, -0.1) is 11.3 Å². The van der Waals surface area contributed by atoms with E-state index in [-0.39, 0.29) is 5.69 Å². The number of hydrogen-bond acceptors (Lipinski definition) is 6. The van der Waals surface area contributed by atoms with Crippen LogP contribution in [0.2, 0.25) is 0 Å². The molecule has 0 aliphatic rings. The number of aryl methyl sites for hydroxylation is 1. The Morgan fingerprint density at radius 3 is 2.79 bits per heavy atom. The lowest BCUT2D eigenvalue weighted by Gasteiger charge is -2.06. The standard InChI is InChI=1S/C16H17N3O4S/c1-8-13(10(3)20)9(2)18-14(8)16(22)23-7-12(21)19-15-11(6-17)4-5-24-15/h4-5,10,18,20H,7H2,1-3H3,(H,19,21)/t10-/m0/s1. The third kappa shape index (κ3) is 3.64. The van der Waals surface area contributed by atoms with Gasteiger partial charge in [-0.3, -0.25) is 4.79 Å². The number of nitrogens with zero attached hydrogens (tertiary/aromatic N) is 1. The molecular formula is C16H17N3O4S.